The summed E-state index contributed by atoms with van der Waals surface area (Å²) in [6, 6.07) is 15.8. The van der Waals surface area contributed by atoms with Crippen molar-refractivity contribution in [3.8, 4) is 0 Å². The van der Waals surface area contributed by atoms with Gasteiger partial charge in [-0.15, -0.1) is 11.3 Å². The SMILES string of the molecule is Cc1cc(C(=O)c2cccc3ccccc23)sc1Br. The fourth-order valence-electron chi connectivity index (χ4n) is 2.13. The number of hydrogen-bond donors (Lipinski definition) is 0. The van der Waals surface area contributed by atoms with Crippen molar-refractivity contribution in [2.75, 3.05) is 0 Å². The molecule has 1 heterocycles. The first-order chi connectivity index (χ1) is 9.16. The lowest BCUT2D eigenvalue weighted by Gasteiger charge is -2.04. The number of fused-ring (bicyclic) bond motifs is 1. The fourth-order valence-corrected chi connectivity index (χ4v) is 3.62. The molecular formula is C16H11BrOS. The van der Waals surface area contributed by atoms with Gasteiger partial charge in [-0.25, -0.2) is 0 Å². The van der Waals surface area contributed by atoms with E-state index >= 15 is 0 Å². The molecule has 0 aliphatic heterocycles. The molecule has 1 aromatic heterocycles. The standard InChI is InChI=1S/C16H11BrOS/c1-10-9-14(19-16(10)17)15(18)13-8-4-6-11-5-2-3-7-12(11)13/h2-9H,1H3. The van der Waals surface area contributed by atoms with E-state index in [1.807, 2.05) is 55.5 Å². The maximum absolute atomic E-state index is 12.6. The highest BCUT2D eigenvalue weighted by molar-refractivity contribution is 9.11. The lowest BCUT2D eigenvalue weighted by Crippen LogP contribution is -1.99. The number of ketones is 1. The summed E-state index contributed by atoms with van der Waals surface area (Å²) in [4.78, 5) is 13.4. The monoisotopic (exact) mass is 330 g/mol. The second-order valence-electron chi connectivity index (χ2n) is 4.42. The maximum Gasteiger partial charge on any atom is 0.203 e. The Morgan fingerprint density at radius 1 is 1.11 bits per heavy atom. The van der Waals surface area contributed by atoms with E-state index in [9.17, 15) is 4.79 Å². The van der Waals surface area contributed by atoms with Crippen molar-refractivity contribution in [3.63, 3.8) is 0 Å². The van der Waals surface area contributed by atoms with Gasteiger partial charge in [-0.2, -0.15) is 0 Å². The average Bonchev–Trinajstić information content (AvgIpc) is 2.77. The van der Waals surface area contributed by atoms with E-state index in [0.717, 1.165) is 30.6 Å². The van der Waals surface area contributed by atoms with Gasteiger partial charge in [0.25, 0.3) is 0 Å². The van der Waals surface area contributed by atoms with Crippen LogP contribution in [-0.4, -0.2) is 5.78 Å². The Morgan fingerprint density at radius 2 is 1.84 bits per heavy atom. The summed E-state index contributed by atoms with van der Waals surface area (Å²) in [7, 11) is 0. The summed E-state index contributed by atoms with van der Waals surface area (Å²) in [6.07, 6.45) is 0. The Labute approximate surface area is 124 Å². The van der Waals surface area contributed by atoms with Crippen molar-refractivity contribution in [1.29, 1.82) is 0 Å². The molecule has 0 aliphatic rings. The Hall–Kier alpha value is -1.45. The van der Waals surface area contributed by atoms with Crippen LogP contribution in [0.3, 0.4) is 0 Å². The molecule has 0 spiro atoms. The molecule has 0 bridgehead atoms. The van der Waals surface area contributed by atoms with Crippen LogP contribution < -0.4 is 0 Å². The van der Waals surface area contributed by atoms with E-state index < -0.39 is 0 Å². The third kappa shape index (κ3) is 2.24. The van der Waals surface area contributed by atoms with Gasteiger partial charge in [-0.3, -0.25) is 4.79 Å². The van der Waals surface area contributed by atoms with Gasteiger partial charge >= 0.3 is 0 Å². The summed E-state index contributed by atoms with van der Waals surface area (Å²) < 4.78 is 1.02. The lowest BCUT2D eigenvalue weighted by molar-refractivity contribution is 0.104. The van der Waals surface area contributed by atoms with Crippen LogP contribution in [0.25, 0.3) is 10.8 Å². The molecule has 1 nitrogen and oxygen atoms in total. The van der Waals surface area contributed by atoms with Gasteiger partial charge in [0.1, 0.15) is 0 Å². The number of halogens is 1. The van der Waals surface area contributed by atoms with Gasteiger partial charge in [0.15, 0.2) is 0 Å². The molecule has 0 aliphatic carbocycles. The largest absolute Gasteiger partial charge is 0.288 e. The van der Waals surface area contributed by atoms with Crippen LogP contribution >= 0.6 is 27.3 Å². The van der Waals surface area contributed by atoms with Gasteiger partial charge in [0.05, 0.1) is 8.66 Å². The Kier molecular flexibility index (Phi) is 3.25. The highest BCUT2D eigenvalue weighted by Crippen LogP contribution is 2.30. The van der Waals surface area contributed by atoms with E-state index in [1.165, 1.54) is 11.3 Å². The predicted molar refractivity (Wildman–Crippen MR) is 84.1 cm³/mol. The molecule has 0 amide bonds. The number of rotatable bonds is 2. The normalized spacial score (nSPS) is 10.8. The van der Waals surface area contributed by atoms with Crippen LogP contribution in [-0.2, 0) is 0 Å². The Morgan fingerprint density at radius 3 is 2.58 bits per heavy atom. The van der Waals surface area contributed by atoms with Crippen molar-refractivity contribution in [3.05, 3.63) is 68.3 Å². The number of hydrogen-bond acceptors (Lipinski definition) is 2. The van der Waals surface area contributed by atoms with Crippen LogP contribution in [0.4, 0.5) is 0 Å². The molecule has 3 aromatic rings. The van der Waals surface area contributed by atoms with Gasteiger partial charge in [-0.05, 0) is 45.3 Å². The third-order valence-corrected chi connectivity index (χ3v) is 5.25. The number of carbonyl (C=O) groups excluding carboxylic acids is 1. The molecule has 0 N–H and O–H groups in total. The molecule has 3 rings (SSSR count). The summed E-state index contributed by atoms with van der Waals surface area (Å²) in [6.45, 7) is 2.00. The molecule has 0 atom stereocenters. The topological polar surface area (TPSA) is 17.1 Å². The molecule has 2 aromatic carbocycles. The van der Waals surface area contributed by atoms with Crippen molar-refractivity contribution >= 4 is 43.8 Å². The van der Waals surface area contributed by atoms with E-state index in [2.05, 4.69) is 15.9 Å². The Balaban J connectivity index is 2.16. The van der Waals surface area contributed by atoms with Crippen LogP contribution in [0.15, 0.2) is 52.3 Å². The molecule has 19 heavy (non-hydrogen) atoms. The highest BCUT2D eigenvalue weighted by Gasteiger charge is 2.15. The van der Waals surface area contributed by atoms with E-state index in [0.29, 0.717) is 0 Å². The zero-order chi connectivity index (χ0) is 13.4. The van der Waals surface area contributed by atoms with E-state index in [4.69, 9.17) is 0 Å². The summed E-state index contributed by atoms with van der Waals surface area (Å²) in [5, 5.41) is 2.11. The summed E-state index contributed by atoms with van der Waals surface area (Å²) in [5.41, 5.74) is 1.88. The number of aryl methyl sites for hydroxylation is 1. The number of thiophene rings is 1. The maximum atomic E-state index is 12.6. The third-order valence-electron chi connectivity index (χ3n) is 3.12. The molecule has 0 radical (unpaired) electrons. The van der Waals surface area contributed by atoms with Crippen LogP contribution in [0, 0.1) is 6.92 Å². The first-order valence-electron chi connectivity index (χ1n) is 5.95. The van der Waals surface area contributed by atoms with Gasteiger partial charge < -0.3 is 0 Å². The van der Waals surface area contributed by atoms with Crippen molar-refractivity contribution in [2.45, 2.75) is 6.92 Å². The summed E-state index contributed by atoms with van der Waals surface area (Å²) in [5.74, 6) is 0.0931. The van der Waals surface area contributed by atoms with Crippen molar-refractivity contribution < 1.29 is 4.79 Å². The predicted octanol–water partition coefficient (Wildman–Crippen LogP) is 5.20. The minimum absolute atomic E-state index is 0.0931. The minimum Gasteiger partial charge on any atom is -0.288 e. The van der Waals surface area contributed by atoms with E-state index in [-0.39, 0.29) is 5.78 Å². The van der Waals surface area contributed by atoms with Crippen LogP contribution in [0.1, 0.15) is 20.8 Å². The van der Waals surface area contributed by atoms with Crippen molar-refractivity contribution in [2.24, 2.45) is 0 Å². The summed E-state index contributed by atoms with van der Waals surface area (Å²) >= 11 is 4.97. The van der Waals surface area contributed by atoms with Gasteiger partial charge in [0.2, 0.25) is 5.78 Å². The molecule has 0 saturated heterocycles. The second-order valence-corrected chi connectivity index (χ2v) is 6.79. The van der Waals surface area contributed by atoms with Gasteiger partial charge in [-0.1, -0.05) is 42.5 Å². The number of carbonyl (C=O) groups is 1. The number of benzene rings is 2. The van der Waals surface area contributed by atoms with Crippen LogP contribution in [0.2, 0.25) is 0 Å². The van der Waals surface area contributed by atoms with Crippen LogP contribution in [0.5, 0.6) is 0 Å². The first-order valence-corrected chi connectivity index (χ1v) is 7.56. The molecule has 0 fully saturated rings. The lowest BCUT2D eigenvalue weighted by atomic mass is 10.0. The Bertz CT molecular complexity index is 749. The minimum atomic E-state index is 0.0931. The molecule has 94 valence electrons. The zero-order valence-electron chi connectivity index (χ0n) is 10.3. The zero-order valence-corrected chi connectivity index (χ0v) is 12.7. The van der Waals surface area contributed by atoms with Gasteiger partial charge in [0, 0.05) is 5.56 Å². The first kappa shape index (κ1) is 12.6. The molecule has 0 unspecified atom stereocenters. The molecule has 0 saturated carbocycles. The quantitative estimate of drug-likeness (QED) is 0.590. The average molecular weight is 331 g/mol. The molecular weight excluding hydrogens is 320 g/mol. The van der Waals surface area contributed by atoms with E-state index in [1.54, 1.807) is 0 Å². The fraction of sp³-hybridized carbons (Fsp3) is 0.0625. The van der Waals surface area contributed by atoms with Crippen molar-refractivity contribution in [1.82, 2.24) is 0 Å². The molecule has 3 heteroatoms. The highest BCUT2D eigenvalue weighted by atomic mass is 79.9. The second kappa shape index (κ2) is 4.91. The smallest absolute Gasteiger partial charge is 0.203 e.